The summed E-state index contributed by atoms with van der Waals surface area (Å²) in [6, 6.07) is 1.92. The second-order valence-corrected chi connectivity index (χ2v) is 5.51. The zero-order chi connectivity index (χ0) is 14.4. The Bertz CT molecular complexity index is 454. The van der Waals surface area contributed by atoms with Gasteiger partial charge in [0, 0.05) is 11.4 Å². The Kier molecular flexibility index (Phi) is 6.02. The van der Waals surface area contributed by atoms with Gasteiger partial charge < -0.3 is 10.0 Å². The molecule has 0 saturated heterocycles. The summed E-state index contributed by atoms with van der Waals surface area (Å²) in [5, 5.41) is 8.81. The molecule has 0 aromatic carbocycles. The van der Waals surface area contributed by atoms with Gasteiger partial charge in [-0.05, 0) is 31.4 Å². The van der Waals surface area contributed by atoms with Crippen molar-refractivity contribution >= 4 is 23.2 Å². The molecule has 0 spiro atoms. The van der Waals surface area contributed by atoms with Crippen LogP contribution < -0.4 is 0 Å². The van der Waals surface area contributed by atoms with Crippen molar-refractivity contribution in [3.05, 3.63) is 21.4 Å². The fourth-order valence-corrected chi connectivity index (χ4v) is 3.28. The molecule has 1 heterocycles. The molecular weight excluding hydrogens is 262 g/mol. The molecule has 0 radical (unpaired) electrons. The van der Waals surface area contributed by atoms with Crippen molar-refractivity contribution in [2.45, 2.75) is 40.0 Å². The van der Waals surface area contributed by atoms with Crippen LogP contribution in [-0.4, -0.2) is 35.0 Å². The Labute approximate surface area is 118 Å². The van der Waals surface area contributed by atoms with Crippen LogP contribution in [-0.2, 0) is 17.6 Å². The van der Waals surface area contributed by atoms with E-state index in [0.29, 0.717) is 11.4 Å². The normalized spacial score (nSPS) is 10.5. The van der Waals surface area contributed by atoms with Crippen LogP contribution >= 0.6 is 11.3 Å². The van der Waals surface area contributed by atoms with Crippen molar-refractivity contribution in [3.8, 4) is 0 Å². The van der Waals surface area contributed by atoms with Crippen molar-refractivity contribution in [2.24, 2.45) is 0 Å². The van der Waals surface area contributed by atoms with Crippen LogP contribution in [0.2, 0.25) is 0 Å². The number of rotatable bonds is 7. The number of carboxylic acid groups (broad SMARTS) is 1. The van der Waals surface area contributed by atoms with Gasteiger partial charge in [-0.2, -0.15) is 0 Å². The fourth-order valence-electron chi connectivity index (χ4n) is 1.96. The highest BCUT2D eigenvalue weighted by Gasteiger charge is 2.20. The van der Waals surface area contributed by atoms with Crippen molar-refractivity contribution in [2.75, 3.05) is 13.1 Å². The highest BCUT2D eigenvalue weighted by atomic mass is 32.1. The maximum Gasteiger partial charge on any atom is 0.323 e. The third-order valence-corrected chi connectivity index (χ3v) is 4.19. The van der Waals surface area contributed by atoms with Crippen molar-refractivity contribution in [1.29, 1.82) is 0 Å². The Morgan fingerprint density at radius 1 is 1.32 bits per heavy atom. The summed E-state index contributed by atoms with van der Waals surface area (Å²) in [6.07, 6.45) is 2.93. The standard InChI is InChI=1S/C14H21NO3S/c1-4-7-11-10(5-2)8-12(19-11)14(18)15(6-3)9-13(16)17/h8H,4-7,9H2,1-3H3,(H,16,17). The molecule has 1 N–H and O–H groups in total. The van der Waals surface area contributed by atoms with E-state index in [1.165, 1.54) is 26.7 Å². The zero-order valence-corrected chi connectivity index (χ0v) is 12.5. The van der Waals surface area contributed by atoms with Gasteiger partial charge in [0.1, 0.15) is 6.54 Å². The average molecular weight is 283 g/mol. The van der Waals surface area contributed by atoms with Crippen LogP contribution in [0.5, 0.6) is 0 Å². The highest BCUT2D eigenvalue weighted by Crippen LogP contribution is 2.25. The molecule has 0 aliphatic carbocycles. The first-order valence-corrected chi connectivity index (χ1v) is 7.47. The van der Waals surface area contributed by atoms with Gasteiger partial charge in [-0.25, -0.2) is 0 Å². The maximum absolute atomic E-state index is 12.3. The summed E-state index contributed by atoms with van der Waals surface area (Å²) in [6.45, 7) is 6.15. The predicted molar refractivity (Wildman–Crippen MR) is 76.9 cm³/mol. The number of hydrogen-bond acceptors (Lipinski definition) is 3. The number of nitrogens with zero attached hydrogens (tertiary/aromatic N) is 1. The van der Waals surface area contributed by atoms with E-state index < -0.39 is 5.97 Å². The summed E-state index contributed by atoms with van der Waals surface area (Å²) >= 11 is 1.50. The lowest BCUT2D eigenvalue weighted by atomic mass is 10.1. The summed E-state index contributed by atoms with van der Waals surface area (Å²) in [7, 11) is 0. The molecule has 1 amide bonds. The Morgan fingerprint density at radius 3 is 2.47 bits per heavy atom. The first-order valence-electron chi connectivity index (χ1n) is 6.66. The number of thiophene rings is 1. The molecular formula is C14H21NO3S. The second-order valence-electron chi connectivity index (χ2n) is 4.38. The number of carbonyl (C=O) groups excluding carboxylic acids is 1. The molecule has 1 rings (SSSR count). The number of aliphatic carboxylic acids is 1. The minimum Gasteiger partial charge on any atom is -0.480 e. The molecule has 106 valence electrons. The van der Waals surface area contributed by atoms with Crippen molar-refractivity contribution < 1.29 is 14.7 Å². The molecule has 0 aliphatic rings. The van der Waals surface area contributed by atoms with Gasteiger partial charge in [-0.1, -0.05) is 20.3 Å². The smallest absolute Gasteiger partial charge is 0.323 e. The van der Waals surface area contributed by atoms with Crippen LogP contribution in [0, 0.1) is 0 Å². The predicted octanol–water partition coefficient (Wildman–Crippen LogP) is 2.81. The lowest BCUT2D eigenvalue weighted by molar-refractivity contribution is -0.137. The quantitative estimate of drug-likeness (QED) is 0.837. The summed E-state index contributed by atoms with van der Waals surface area (Å²) in [5.41, 5.74) is 1.21. The number of aryl methyl sites for hydroxylation is 2. The summed E-state index contributed by atoms with van der Waals surface area (Å²) < 4.78 is 0. The van der Waals surface area contributed by atoms with Gasteiger partial charge in [0.15, 0.2) is 0 Å². The Morgan fingerprint density at radius 2 is 2.00 bits per heavy atom. The fraction of sp³-hybridized carbons (Fsp3) is 0.571. The first kappa shape index (κ1) is 15.7. The number of likely N-dealkylation sites (N-methyl/N-ethyl adjacent to an activating group) is 1. The van der Waals surface area contributed by atoms with E-state index in [9.17, 15) is 9.59 Å². The average Bonchev–Trinajstić information content (AvgIpc) is 2.78. The highest BCUT2D eigenvalue weighted by molar-refractivity contribution is 7.14. The third-order valence-electron chi connectivity index (χ3n) is 2.96. The molecule has 0 bridgehead atoms. The van der Waals surface area contributed by atoms with Crippen LogP contribution in [0.3, 0.4) is 0 Å². The third kappa shape index (κ3) is 4.06. The molecule has 0 atom stereocenters. The lowest BCUT2D eigenvalue weighted by Gasteiger charge is -2.17. The van der Waals surface area contributed by atoms with E-state index in [4.69, 9.17) is 5.11 Å². The minimum atomic E-state index is -0.976. The molecule has 0 aliphatic heterocycles. The van der Waals surface area contributed by atoms with E-state index >= 15 is 0 Å². The minimum absolute atomic E-state index is 0.174. The lowest BCUT2D eigenvalue weighted by Crippen LogP contribution is -2.34. The maximum atomic E-state index is 12.3. The Hall–Kier alpha value is -1.36. The van der Waals surface area contributed by atoms with E-state index in [2.05, 4.69) is 13.8 Å². The number of carbonyl (C=O) groups is 2. The van der Waals surface area contributed by atoms with E-state index in [-0.39, 0.29) is 12.5 Å². The SMILES string of the molecule is CCCc1sc(C(=O)N(CC)CC(=O)O)cc1CC. The number of hydrogen-bond donors (Lipinski definition) is 1. The van der Waals surface area contributed by atoms with Crippen molar-refractivity contribution in [3.63, 3.8) is 0 Å². The molecule has 19 heavy (non-hydrogen) atoms. The van der Waals surface area contributed by atoms with Gasteiger partial charge in [0.25, 0.3) is 5.91 Å². The van der Waals surface area contributed by atoms with Crippen LogP contribution in [0.25, 0.3) is 0 Å². The topological polar surface area (TPSA) is 57.6 Å². The first-order chi connectivity index (χ1) is 9.03. The molecule has 0 saturated carbocycles. The van der Waals surface area contributed by atoms with Crippen LogP contribution in [0.15, 0.2) is 6.07 Å². The van der Waals surface area contributed by atoms with Crippen LogP contribution in [0.1, 0.15) is 47.3 Å². The molecule has 1 aromatic rings. The van der Waals surface area contributed by atoms with Crippen molar-refractivity contribution in [1.82, 2.24) is 4.90 Å². The van der Waals surface area contributed by atoms with E-state index in [1.54, 1.807) is 6.92 Å². The monoisotopic (exact) mass is 283 g/mol. The van der Waals surface area contributed by atoms with Crippen LogP contribution in [0.4, 0.5) is 0 Å². The van der Waals surface area contributed by atoms with Gasteiger partial charge >= 0.3 is 5.97 Å². The summed E-state index contributed by atoms with van der Waals surface area (Å²) in [5.74, 6) is -1.15. The molecule has 4 nitrogen and oxygen atoms in total. The summed E-state index contributed by atoms with van der Waals surface area (Å²) in [4.78, 5) is 26.3. The number of amides is 1. The van der Waals surface area contributed by atoms with Gasteiger partial charge in [0.2, 0.25) is 0 Å². The number of carboxylic acids is 1. The largest absolute Gasteiger partial charge is 0.480 e. The molecule has 0 unspecified atom stereocenters. The van der Waals surface area contributed by atoms with E-state index in [1.807, 2.05) is 6.07 Å². The zero-order valence-electron chi connectivity index (χ0n) is 11.7. The Balaban J connectivity index is 2.94. The van der Waals surface area contributed by atoms with E-state index in [0.717, 1.165) is 19.3 Å². The molecule has 5 heteroatoms. The van der Waals surface area contributed by atoms with Gasteiger partial charge in [0.05, 0.1) is 4.88 Å². The van der Waals surface area contributed by atoms with Gasteiger partial charge in [-0.3, -0.25) is 9.59 Å². The molecule has 0 fully saturated rings. The van der Waals surface area contributed by atoms with Gasteiger partial charge in [-0.15, -0.1) is 11.3 Å². The second kappa shape index (κ2) is 7.28. The molecule has 1 aromatic heterocycles.